The summed E-state index contributed by atoms with van der Waals surface area (Å²) in [6, 6.07) is 14.3. The molecule has 24 heavy (non-hydrogen) atoms. The summed E-state index contributed by atoms with van der Waals surface area (Å²) in [5.41, 5.74) is 2.78. The fourth-order valence-corrected chi connectivity index (χ4v) is 2.82. The molecule has 0 amide bonds. The summed E-state index contributed by atoms with van der Waals surface area (Å²) >= 11 is 1.46. The van der Waals surface area contributed by atoms with Crippen LogP contribution in [-0.2, 0) is 0 Å². The zero-order chi connectivity index (χ0) is 16.2. The molecule has 0 unspecified atom stereocenters. The lowest BCUT2D eigenvalue weighted by atomic mass is 10.2. The van der Waals surface area contributed by atoms with Gasteiger partial charge in [-0.25, -0.2) is 9.78 Å². The molecule has 0 aliphatic rings. The molecule has 124 valence electrons. The molecule has 2 N–H and O–H groups in total. The number of anilines is 2. The largest absolute Gasteiger partial charge is 0.497 e. The first-order valence-electron chi connectivity index (χ1n) is 6.86. The summed E-state index contributed by atoms with van der Waals surface area (Å²) in [6.45, 7) is 0. The Hall–Kier alpha value is -2.38. The Balaban J connectivity index is 0.00000208. The second-order valence-electron chi connectivity index (χ2n) is 4.78. The van der Waals surface area contributed by atoms with E-state index in [1.165, 1.54) is 11.3 Å². The minimum atomic E-state index is -0.952. The second-order valence-corrected chi connectivity index (χ2v) is 5.64. The highest BCUT2D eigenvalue weighted by Crippen LogP contribution is 2.28. The maximum Gasteiger partial charge on any atom is 0.335 e. The van der Waals surface area contributed by atoms with Gasteiger partial charge in [-0.05, 0) is 42.5 Å². The van der Waals surface area contributed by atoms with Crippen molar-refractivity contribution in [2.75, 3.05) is 12.4 Å². The molecule has 0 spiro atoms. The maximum absolute atomic E-state index is 11.0. The van der Waals surface area contributed by atoms with E-state index in [9.17, 15) is 4.79 Å². The summed E-state index contributed by atoms with van der Waals surface area (Å²) in [5.74, 6) is -0.153. The van der Waals surface area contributed by atoms with Gasteiger partial charge in [-0.1, -0.05) is 6.07 Å². The van der Waals surface area contributed by atoms with E-state index >= 15 is 0 Å². The van der Waals surface area contributed by atoms with E-state index in [-0.39, 0.29) is 22.5 Å². The van der Waals surface area contributed by atoms with Crippen LogP contribution in [0.1, 0.15) is 10.4 Å². The van der Waals surface area contributed by atoms with Crippen molar-refractivity contribution < 1.29 is 14.6 Å². The van der Waals surface area contributed by atoms with Gasteiger partial charge in [0.25, 0.3) is 0 Å². The van der Waals surface area contributed by atoms with Crippen LogP contribution in [-0.4, -0.2) is 23.2 Å². The van der Waals surface area contributed by atoms with E-state index in [0.29, 0.717) is 10.8 Å². The summed E-state index contributed by atoms with van der Waals surface area (Å²) in [4.78, 5) is 15.5. The number of hydrogen-bond donors (Lipinski definition) is 2. The van der Waals surface area contributed by atoms with Crippen LogP contribution >= 0.6 is 28.3 Å². The van der Waals surface area contributed by atoms with E-state index in [4.69, 9.17) is 9.84 Å². The Labute approximate surface area is 153 Å². The monoisotopic (exact) mass is 406 g/mol. The third-order valence-electron chi connectivity index (χ3n) is 3.25. The van der Waals surface area contributed by atoms with Crippen molar-refractivity contribution in [3.8, 4) is 17.0 Å². The lowest BCUT2D eigenvalue weighted by Gasteiger charge is -2.03. The number of benzene rings is 2. The van der Waals surface area contributed by atoms with Crippen molar-refractivity contribution in [2.45, 2.75) is 0 Å². The number of ether oxygens (including phenoxy) is 1. The molecule has 0 radical (unpaired) electrons. The van der Waals surface area contributed by atoms with E-state index < -0.39 is 5.97 Å². The number of aromatic carboxylic acids is 1. The van der Waals surface area contributed by atoms with Crippen LogP contribution in [0.3, 0.4) is 0 Å². The molecule has 0 saturated carbocycles. The molecule has 0 saturated heterocycles. The Bertz CT molecular complexity index is 834. The molecule has 7 heteroatoms. The van der Waals surface area contributed by atoms with Gasteiger partial charge in [-0.15, -0.1) is 28.3 Å². The average Bonchev–Trinajstić information content (AvgIpc) is 3.03. The highest BCUT2D eigenvalue weighted by atomic mass is 79.9. The molecule has 0 atom stereocenters. The molecule has 1 heterocycles. The number of rotatable bonds is 5. The van der Waals surface area contributed by atoms with Crippen LogP contribution in [0.25, 0.3) is 11.3 Å². The molecule has 5 nitrogen and oxygen atoms in total. The van der Waals surface area contributed by atoms with Crippen LogP contribution in [0.4, 0.5) is 10.8 Å². The van der Waals surface area contributed by atoms with Gasteiger partial charge >= 0.3 is 5.97 Å². The third kappa shape index (κ3) is 4.12. The zero-order valence-electron chi connectivity index (χ0n) is 12.7. The molecule has 1 aromatic heterocycles. The average molecular weight is 407 g/mol. The van der Waals surface area contributed by atoms with Gasteiger partial charge in [0, 0.05) is 16.6 Å². The number of carboxylic acid groups (broad SMARTS) is 1. The molecule has 0 fully saturated rings. The number of nitrogens with one attached hydrogen (secondary N) is 1. The Morgan fingerprint density at radius 3 is 2.62 bits per heavy atom. The Morgan fingerprint density at radius 2 is 1.96 bits per heavy atom. The highest BCUT2D eigenvalue weighted by molar-refractivity contribution is 8.93. The number of hydrogen-bond acceptors (Lipinski definition) is 5. The van der Waals surface area contributed by atoms with Crippen LogP contribution in [0, 0.1) is 0 Å². The van der Waals surface area contributed by atoms with Crippen molar-refractivity contribution in [2.24, 2.45) is 0 Å². The van der Waals surface area contributed by atoms with Gasteiger partial charge in [-0.2, -0.15) is 0 Å². The first-order chi connectivity index (χ1) is 11.2. The topological polar surface area (TPSA) is 71.5 Å². The van der Waals surface area contributed by atoms with E-state index in [0.717, 1.165) is 17.0 Å². The van der Waals surface area contributed by atoms with Crippen LogP contribution in [0.5, 0.6) is 5.75 Å². The van der Waals surface area contributed by atoms with Gasteiger partial charge in [0.2, 0.25) is 0 Å². The molecular formula is C17H15BrN2O3S. The molecular weight excluding hydrogens is 392 g/mol. The summed E-state index contributed by atoms with van der Waals surface area (Å²) in [7, 11) is 1.63. The summed E-state index contributed by atoms with van der Waals surface area (Å²) in [6.07, 6.45) is 0. The number of aromatic nitrogens is 1. The first kappa shape index (κ1) is 18.0. The summed E-state index contributed by atoms with van der Waals surface area (Å²) < 4.78 is 5.14. The minimum absolute atomic E-state index is 0. The Kier molecular flexibility index (Phi) is 5.94. The fourth-order valence-electron chi connectivity index (χ4n) is 2.08. The number of thiazole rings is 1. The summed E-state index contributed by atoms with van der Waals surface area (Å²) in [5, 5.41) is 14.8. The Morgan fingerprint density at radius 1 is 1.21 bits per heavy atom. The SMILES string of the molecule is Br.COc1ccc(-c2csc(Nc3cccc(C(=O)O)c3)n2)cc1. The van der Waals surface area contributed by atoms with Crippen molar-refractivity contribution in [3.05, 3.63) is 59.5 Å². The third-order valence-corrected chi connectivity index (χ3v) is 4.01. The van der Waals surface area contributed by atoms with Gasteiger partial charge < -0.3 is 15.2 Å². The molecule has 0 bridgehead atoms. The van der Waals surface area contributed by atoms with Gasteiger partial charge in [0.1, 0.15) is 5.75 Å². The van der Waals surface area contributed by atoms with Crippen molar-refractivity contribution in [1.29, 1.82) is 0 Å². The second kappa shape index (κ2) is 7.94. The number of carboxylic acids is 1. The highest BCUT2D eigenvalue weighted by Gasteiger charge is 2.07. The van der Waals surface area contributed by atoms with Crippen LogP contribution < -0.4 is 10.1 Å². The normalized spacial score (nSPS) is 9.88. The van der Waals surface area contributed by atoms with E-state index in [2.05, 4.69) is 10.3 Å². The van der Waals surface area contributed by atoms with Gasteiger partial charge in [-0.3, -0.25) is 0 Å². The number of halogens is 1. The quantitative estimate of drug-likeness (QED) is 0.634. The number of nitrogens with zero attached hydrogens (tertiary/aromatic N) is 1. The predicted octanol–water partition coefficient (Wildman–Crippen LogP) is 4.84. The van der Waals surface area contributed by atoms with Gasteiger partial charge in [0.15, 0.2) is 5.13 Å². The lowest BCUT2D eigenvalue weighted by Crippen LogP contribution is -1.97. The first-order valence-corrected chi connectivity index (χ1v) is 7.74. The van der Waals surface area contributed by atoms with E-state index in [1.54, 1.807) is 31.4 Å². The molecule has 3 aromatic rings. The molecule has 3 rings (SSSR count). The van der Waals surface area contributed by atoms with Crippen molar-refractivity contribution in [1.82, 2.24) is 4.98 Å². The minimum Gasteiger partial charge on any atom is -0.497 e. The zero-order valence-corrected chi connectivity index (χ0v) is 15.3. The van der Waals surface area contributed by atoms with E-state index in [1.807, 2.05) is 29.6 Å². The number of methoxy groups -OCH3 is 1. The van der Waals surface area contributed by atoms with Gasteiger partial charge in [0.05, 0.1) is 18.4 Å². The van der Waals surface area contributed by atoms with Crippen LogP contribution in [0.2, 0.25) is 0 Å². The predicted molar refractivity (Wildman–Crippen MR) is 101 cm³/mol. The maximum atomic E-state index is 11.0. The number of carbonyl (C=O) groups is 1. The van der Waals surface area contributed by atoms with Crippen molar-refractivity contribution in [3.63, 3.8) is 0 Å². The van der Waals surface area contributed by atoms with Crippen molar-refractivity contribution >= 4 is 45.1 Å². The smallest absolute Gasteiger partial charge is 0.335 e. The standard InChI is InChI=1S/C17H14N2O3S.BrH/c1-22-14-7-5-11(6-8-14)15-10-23-17(19-15)18-13-4-2-3-12(9-13)16(20)21;/h2-10H,1H3,(H,18,19)(H,20,21);1H. The molecule has 0 aliphatic heterocycles. The molecule has 2 aromatic carbocycles. The fraction of sp³-hybridized carbons (Fsp3) is 0.0588. The molecule has 0 aliphatic carbocycles. The lowest BCUT2D eigenvalue weighted by molar-refractivity contribution is 0.0697. The van der Waals surface area contributed by atoms with Crippen LogP contribution in [0.15, 0.2) is 53.9 Å².